The second-order valence-electron chi connectivity index (χ2n) is 6.66. The highest BCUT2D eigenvalue weighted by Gasteiger charge is 2.28. The Bertz CT molecular complexity index is 926. The summed E-state index contributed by atoms with van der Waals surface area (Å²) < 4.78 is 16.4. The summed E-state index contributed by atoms with van der Waals surface area (Å²) in [6.07, 6.45) is 2.25. The lowest BCUT2D eigenvalue weighted by Crippen LogP contribution is -2.42. The van der Waals surface area contributed by atoms with Crippen molar-refractivity contribution in [2.24, 2.45) is 0 Å². The molecule has 2 aromatic carbocycles. The van der Waals surface area contributed by atoms with Crippen molar-refractivity contribution in [3.63, 3.8) is 0 Å². The third-order valence-electron chi connectivity index (χ3n) is 4.80. The minimum absolute atomic E-state index is 0.180. The lowest BCUT2D eigenvalue weighted by molar-refractivity contribution is 0.0416. The molecule has 4 rings (SSSR count). The van der Waals surface area contributed by atoms with Crippen molar-refractivity contribution in [1.82, 2.24) is 4.90 Å². The van der Waals surface area contributed by atoms with Gasteiger partial charge >= 0.3 is 6.09 Å². The van der Waals surface area contributed by atoms with Gasteiger partial charge < -0.3 is 19.1 Å². The summed E-state index contributed by atoms with van der Waals surface area (Å²) in [4.78, 5) is 26.4. The summed E-state index contributed by atoms with van der Waals surface area (Å²) in [6.45, 7) is 4.11. The first-order valence-corrected chi connectivity index (χ1v) is 9.36. The van der Waals surface area contributed by atoms with Gasteiger partial charge in [-0.05, 0) is 35.8 Å². The number of hydrogen-bond donors (Lipinski definition) is 0. The van der Waals surface area contributed by atoms with E-state index in [1.807, 2.05) is 24.3 Å². The Morgan fingerprint density at radius 3 is 2.61 bits per heavy atom. The van der Waals surface area contributed by atoms with Crippen LogP contribution in [0.1, 0.15) is 28.4 Å². The van der Waals surface area contributed by atoms with Crippen molar-refractivity contribution in [3.8, 4) is 11.5 Å². The van der Waals surface area contributed by atoms with Crippen LogP contribution >= 0.6 is 0 Å². The average molecular weight is 379 g/mol. The minimum Gasteiger partial charge on any atom is -0.452 e. The Balaban J connectivity index is 1.49. The Morgan fingerprint density at radius 1 is 1.14 bits per heavy atom. The van der Waals surface area contributed by atoms with Gasteiger partial charge in [0.05, 0.1) is 18.8 Å². The highest BCUT2D eigenvalue weighted by Crippen LogP contribution is 2.35. The molecule has 0 spiro atoms. The van der Waals surface area contributed by atoms with Crippen molar-refractivity contribution in [3.05, 3.63) is 64.9 Å². The van der Waals surface area contributed by atoms with Crippen LogP contribution in [-0.4, -0.2) is 43.1 Å². The first kappa shape index (κ1) is 18.3. The number of Topliss-reactive ketones (excluding diaryl/α,β-unsaturated/α-hetero) is 1. The number of morpholine rings is 1. The predicted molar refractivity (Wildman–Crippen MR) is 104 cm³/mol. The number of ketones is 1. The fourth-order valence-corrected chi connectivity index (χ4v) is 3.14. The first-order valence-electron chi connectivity index (χ1n) is 9.36. The quantitative estimate of drug-likeness (QED) is 0.761. The average Bonchev–Trinajstić information content (AvgIpc) is 3.04. The molecule has 0 unspecified atom stereocenters. The summed E-state index contributed by atoms with van der Waals surface area (Å²) in [5.41, 5.74) is 2.59. The normalized spacial score (nSPS) is 17.4. The number of rotatable bonds is 3. The van der Waals surface area contributed by atoms with Gasteiger partial charge in [0.15, 0.2) is 5.76 Å². The van der Waals surface area contributed by atoms with Crippen LogP contribution in [-0.2, 0) is 11.2 Å². The molecule has 0 bridgehead atoms. The van der Waals surface area contributed by atoms with Gasteiger partial charge in [0.1, 0.15) is 11.5 Å². The van der Waals surface area contributed by atoms with Gasteiger partial charge in [0.25, 0.3) is 0 Å². The summed E-state index contributed by atoms with van der Waals surface area (Å²) in [7, 11) is 0. The van der Waals surface area contributed by atoms with E-state index < -0.39 is 6.09 Å². The topological polar surface area (TPSA) is 65.1 Å². The number of fused-ring (bicyclic) bond motifs is 1. The molecule has 0 saturated carbocycles. The first-order chi connectivity index (χ1) is 13.6. The van der Waals surface area contributed by atoms with E-state index in [0.717, 1.165) is 12.0 Å². The molecule has 6 heteroatoms. The number of carbonyl (C=O) groups excluding carboxylic acids is 2. The highest BCUT2D eigenvalue weighted by atomic mass is 16.6. The lowest BCUT2D eigenvalue weighted by atomic mass is 10.1. The van der Waals surface area contributed by atoms with Crippen molar-refractivity contribution in [1.29, 1.82) is 0 Å². The molecular weight excluding hydrogens is 358 g/mol. The molecule has 2 aliphatic rings. The van der Waals surface area contributed by atoms with E-state index in [2.05, 4.69) is 6.92 Å². The van der Waals surface area contributed by atoms with E-state index in [1.54, 1.807) is 29.2 Å². The van der Waals surface area contributed by atoms with Gasteiger partial charge in [0, 0.05) is 19.2 Å². The van der Waals surface area contributed by atoms with Crippen LogP contribution in [0, 0.1) is 0 Å². The lowest BCUT2D eigenvalue weighted by Gasteiger charge is -2.25. The molecule has 1 saturated heterocycles. The third kappa shape index (κ3) is 3.77. The van der Waals surface area contributed by atoms with Gasteiger partial charge in [-0.25, -0.2) is 4.79 Å². The van der Waals surface area contributed by atoms with Crippen molar-refractivity contribution >= 4 is 18.0 Å². The monoisotopic (exact) mass is 379 g/mol. The number of amides is 1. The van der Waals surface area contributed by atoms with Gasteiger partial charge in [-0.15, -0.1) is 0 Å². The molecule has 2 heterocycles. The van der Waals surface area contributed by atoms with E-state index in [4.69, 9.17) is 14.2 Å². The van der Waals surface area contributed by atoms with Crippen molar-refractivity contribution < 1.29 is 23.8 Å². The Kier molecular flexibility index (Phi) is 5.12. The SMILES string of the molecule is CCc1ccc(/C=C2/Oc3cc(OC(=O)N4CCOCC4)ccc3C2=O)cc1. The zero-order chi connectivity index (χ0) is 19.5. The van der Waals surface area contributed by atoms with Crippen molar-refractivity contribution in [2.75, 3.05) is 26.3 Å². The van der Waals surface area contributed by atoms with E-state index in [-0.39, 0.29) is 11.5 Å². The second kappa shape index (κ2) is 7.86. The summed E-state index contributed by atoms with van der Waals surface area (Å²) in [5.74, 6) is 0.821. The number of allylic oxidation sites excluding steroid dienone is 1. The number of carbonyl (C=O) groups is 2. The molecule has 0 atom stereocenters. The van der Waals surface area contributed by atoms with Crippen LogP contribution in [0.15, 0.2) is 48.2 Å². The summed E-state index contributed by atoms with van der Waals surface area (Å²) in [6, 6.07) is 12.8. The Hall–Kier alpha value is -3.12. The maximum atomic E-state index is 12.6. The van der Waals surface area contributed by atoms with Crippen molar-refractivity contribution in [2.45, 2.75) is 13.3 Å². The zero-order valence-corrected chi connectivity index (χ0v) is 15.6. The Morgan fingerprint density at radius 2 is 1.89 bits per heavy atom. The number of ether oxygens (including phenoxy) is 3. The van der Waals surface area contributed by atoms with E-state index >= 15 is 0 Å². The smallest absolute Gasteiger partial charge is 0.415 e. The van der Waals surface area contributed by atoms with Gasteiger partial charge in [-0.1, -0.05) is 31.2 Å². The molecule has 6 nitrogen and oxygen atoms in total. The maximum absolute atomic E-state index is 12.6. The molecule has 28 heavy (non-hydrogen) atoms. The second-order valence-corrected chi connectivity index (χ2v) is 6.66. The zero-order valence-electron chi connectivity index (χ0n) is 15.6. The van der Waals surface area contributed by atoms with Crippen LogP contribution in [0.25, 0.3) is 6.08 Å². The molecule has 0 N–H and O–H groups in total. The van der Waals surface area contributed by atoms with Crippen LogP contribution in [0.4, 0.5) is 4.79 Å². The fourth-order valence-electron chi connectivity index (χ4n) is 3.14. The highest BCUT2D eigenvalue weighted by molar-refractivity contribution is 6.14. The largest absolute Gasteiger partial charge is 0.452 e. The third-order valence-corrected chi connectivity index (χ3v) is 4.80. The fraction of sp³-hybridized carbons (Fsp3) is 0.273. The van der Waals surface area contributed by atoms with Crippen LogP contribution < -0.4 is 9.47 Å². The van der Waals surface area contributed by atoms with Crippen LogP contribution in [0.3, 0.4) is 0 Å². The predicted octanol–water partition coefficient (Wildman–Crippen LogP) is 3.70. The molecule has 1 fully saturated rings. The molecule has 2 aromatic rings. The van der Waals surface area contributed by atoms with E-state index in [0.29, 0.717) is 43.4 Å². The van der Waals surface area contributed by atoms with Gasteiger partial charge in [0.2, 0.25) is 5.78 Å². The van der Waals surface area contributed by atoms with E-state index in [9.17, 15) is 9.59 Å². The van der Waals surface area contributed by atoms with Crippen LogP contribution in [0.2, 0.25) is 0 Å². The summed E-state index contributed by atoms with van der Waals surface area (Å²) >= 11 is 0. The van der Waals surface area contributed by atoms with Gasteiger partial charge in [-0.2, -0.15) is 0 Å². The number of aryl methyl sites for hydroxylation is 1. The molecule has 0 radical (unpaired) electrons. The number of hydrogen-bond acceptors (Lipinski definition) is 5. The molecule has 1 amide bonds. The molecule has 0 aliphatic carbocycles. The minimum atomic E-state index is -0.431. The van der Waals surface area contributed by atoms with Crippen LogP contribution in [0.5, 0.6) is 11.5 Å². The molecule has 0 aromatic heterocycles. The number of nitrogens with zero attached hydrogens (tertiary/aromatic N) is 1. The maximum Gasteiger partial charge on any atom is 0.415 e. The molecular formula is C22H21NO5. The molecule has 2 aliphatic heterocycles. The summed E-state index contributed by atoms with van der Waals surface area (Å²) in [5, 5.41) is 0. The molecule has 144 valence electrons. The van der Waals surface area contributed by atoms with E-state index in [1.165, 1.54) is 5.56 Å². The van der Waals surface area contributed by atoms with Gasteiger partial charge in [-0.3, -0.25) is 4.79 Å². The standard InChI is InChI=1S/C22H21NO5/c1-2-15-3-5-16(6-4-15)13-20-21(24)18-8-7-17(14-19(18)28-20)27-22(25)23-9-11-26-12-10-23/h3-8,13-14H,2,9-12H2,1H3/b20-13+. The number of benzene rings is 2. The Labute approximate surface area is 163 Å².